The van der Waals surface area contributed by atoms with E-state index in [4.69, 9.17) is 0 Å². The smallest absolute Gasteiger partial charge is 0.231 e. The van der Waals surface area contributed by atoms with Crippen molar-refractivity contribution in [1.29, 1.82) is 0 Å². The minimum atomic E-state index is 0.138. The van der Waals surface area contributed by atoms with Crippen LogP contribution in [-0.2, 0) is 22.4 Å². The highest BCUT2D eigenvalue weighted by Crippen LogP contribution is 2.28. The zero-order chi connectivity index (χ0) is 11.7. The fraction of sp³-hybridized carbons (Fsp3) is 0.385. The summed E-state index contributed by atoms with van der Waals surface area (Å²) in [6, 6.07) is 6.01. The molecule has 84 valence electrons. The number of carbonyl (C=O) groups is 2. The van der Waals surface area contributed by atoms with E-state index in [2.05, 4.69) is 0 Å². The molecule has 0 fully saturated rings. The zero-order valence-electron chi connectivity index (χ0n) is 9.62. The number of fused-ring (bicyclic) bond motifs is 1. The van der Waals surface area contributed by atoms with Crippen LogP contribution >= 0.6 is 0 Å². The Morgan fingerprint density at radius 1 is 1.44 bits per heavy atom. The van der Waals surface area contributed by atoms with Crippen molar-refractivity contribution in [2.45, 2.75) is 26.2 Å². The summed E-state index contributed by atoms with van der Waals surface area (Å²) in [5.74, 6) is 0.340. The second kappa shape index (κ2) is 4.08. The van der Waals surface area contributed by atoms with Crippen molar-refractivity contribution in [1.82, 2.24) is 0 Å². The van der Waals surface area contributed by atoms with Gasteiger partial charge in [-0.05, 0) is 30.5 Å². The molecule has 0 radical (unpaired) electrons. The lowest BCUT2D eigenvalue weighted by Crippen LogP contribution is -2.20. The summed E-state index contributed by atoms with van der Waals surface area (Å²) in [6.45, 7) is 1.60. The molecule has 1 aromatic rings. The lowest BCUT2D eigenvalue weighted by atomic mass is 10.0. The van der Waals surface area contributed by atoms with Crippen LogP contribution in [0.3, 0.4) is 0 Å². The first kappa shape index (κ1) is 10.9. The summed E-state index contributed by atoms with van der Waals surface area (Å²) in [4.78, 5) is 24.1. The molecule has 16 heavy (non-hydrogen) atoms. The highest BCUT2D eigenvalue weighted by atomic mass is 16.2. The van der Waals surface area contributed by atoms with Gasteiger partial charge in [-0.3, -0.25) is 4.79 Å². The number of Topliss-reactive ketones (excluding diaryl/α,β-unsaturated/α-hetero) is 1. The van der Waals surface area contributed by atoms with Gasteiger partial charge in [-0.15, -0.1) is 0 Å². The van der Waals surface area contributed by atoms with E-state index in [0.717, 1.165) is 23.2 Å². The van der Waals surface area contributed by atoms with Crippen LogP contribution in [0.4, 0.5) is 5.69 Å². The van der Waals surface area contributed by atoms with Gasteiger partial charge >= 0.3 is 0 Å². The highest BCUT2D eigenvalue weighted by molar-refractivity contribution is 6.00. The maximum atomic E-state index is 11.5. The molecule has 0 saturated carbocycles. The van der Waals surface area contributed by atoms with Gasteiger partial charge in [-0.1, -0.05) is 12.1 Å². The Morgan fingerprint density at radius 3 is 2.88 bits per heavy atom. The topological polar surface area (TPSA) is 37.4 Å². The van der Waals surface area contributed by atoms with Crippen LogP contribution in [0.25, 0.3) is 0 Å². The van der Waals surface area contributed by atoms with Crippen LogP contribution in [0, 0.1) is 0 Å². The highest BCUT2D eigenvalue weighted by Gasteiger charge is 2.23. The van der Waals surface area contributed by atoms with E-state index in [1.165, 1.54) is 0 Å². The number of ketones is 1. The van der Waals surface area contributed by atoms with Gasteiger partial charge in [0.05, 0.1) is 6.42 Å². The molecule has 0 bridgehead atoms. The van der Waals surface area contributed by atoms with Gasteiger partial charge in [0.25, 0.3) is 0 Å². The van der Waals surface area contributed by atoms with Crippen molar-refractivity contribution >= 4 is 17.4 Å². The van der Waals surface area contributed by atoms with E-state index in [1.54, 1.807) is 18.9 Å². The van der Waals surface area contributed by atoms with Crippen LogP contribution in [0.5, 0.6) is 0 Å². The van der Waals surface area contributed by atoms with Crippen molar-refractivity contribution in [3.63, 3.8) is 0 Å². The van der Waals surface area contributed by atoms with Gasteiger partial charge in [0.2, 0.25) is 5.91 Å². The van der Waals surface area contributed by atoms with Crippen LogP contribution < -0.4 is 4.90 Å². The average molecular weight is 217 g/mol. The van der Waals surface area contributed by atoms with Crippen LogP contribution in [0.15, 0.2) is 18.2 Å². The monoisotopic (exact) mass is 217 g/mol. The number of benzene rings is 1. The van der Waals surface area contributed by atoms with Gasteiger partial charge in [0.1, 0.15) is 5.78 Å². The zero-order valence-corrected chi connectivity index (χ0v) is 9.62. The molecule has 0 N–H and O–H groups in total. The third-order valence-corrected chi connectivity index (χ3v) is 2.99. The molecule has 0 atom stereocenters. The van der Waals surface area contributed by atoms with E-state index in [1.807, 2.05) is 18.2 Å². The minimum absolute atomic E-state index is 0.138. The Bertz CT molecular complexity index is 451. The van der Waals surface area contributed by atoms with Crippen LogP contribution in [0.2, 0.25) is 0 Å². The summed E-state index contributed by atoms with van der Waals surface area (Å²) >= 11 is 0. The van der Waals surface area contributed by atoms with Crippen molar-refractivity contribution in [3.05, 3.63) is 29.3 Å². The SMILES string of the molecule is CC(=O)CCc1ccc2c(c1)CC(=O)N2C. The average Bonchev–Trinajstić information content (AvgIpc) is 2.52. The molecule has 1 amide bonds. The van der Waals surface area contributed by atoms with Gasteiger partial charge in [0.15, 0.2) is 0 Å². The van der Waals surface area contributed by atoms with Crippen molar-refractivity contribution in [3.8, 4) is 0 Å². The molecular formula is C13H15NO2. The van der Waals surface area contributed by atoms with Gasteiger partial charge in [-0.25, -0.2) is 0 Å². The number of rotatable bonds is 3. The molecule has 3 heteroatoms. The van der Waals surface area contributed by atoms with Crippen molar-refractivity contribution in [2.24, 2.45) is 0 Å². The number of nitrogens with zero attached hydrogens (tertiary/aromatic N) is 1. The largest absolute Gasteiger partial charge is 0.315 e. The van der Waals surface area contributed by atoms with Crippen molar-refractivity contribution < 1.29 is 9.59 Å². The standard InChI is InChI=1S/C13H15NO2/c1-9(15)3-4-10-5-6-12-11(7-10)8-13(16)14(12)2/h5-7H,3-4,8H2,1-2H3. The Kier molecular flexibility index (Phi) is 2.77. The second-order valence-electron chi connectivity index (χ2n) is 4.29. The first-order chi connectivity index (χ1) is 7.58. The predicted octanol–water partition coefficient (Wildman–Crippen LogP) is 1.73. The molecule has 0 aliphatic carbocycles. The van der Waals surface area contributed by atoms with Crippen LogP contribution in [-0.4, -0.2) is 18.7 Å². The fourth-order valence-corrected chi connectivity index (χ4v) is 2.00. The number of carbonyl (C=O) groups excluding carboxylic acids is 2. The van der Waals surface area contributed by atoms with E-state index in [9.17, 15) is 9.59 Å². The predicted molar refractivity (Wildman–Crippen MR) is 62.6 cm³/mol. The summed E-state index contributed by atoms with van der Waals surface area (Å²) in [7, 11) is 1.80. The van der Waals surface area contributed by atoms with E-state index < -0.39 is 0 Å². The number of hydrogen-bond donors (Lipinski definition) is 0. The third-order valence-electron chi connectivity index (χ3n) is 2.99. The number of likely N-dealkylation sites (N-methyl/N-ethyl adjacent to an activating group) is 1. The number of amides is 1. The first-order valence-electron chi connectivity index (χ1n) is 5.45. The summed E-state index contributed by atoms with van der Waals surface area (Å²) in [5.41, 5.74) is 3.21. The van der Waals surface area contributed by atoms with Gasteiger partial charge in [0, 0.05) is 19.2 Å². The normalized spacial score (nSPS) is 14.1. The molecule has 3 nitrogen and oxygen atoms in total. The lowest BCUT2D eigenvalue weighted by molar-refractivity contribution is -0.117. The minimum Gasteiger partial charge on any atom is -0.315 e. The number of aryl methyl sites for hydroxylation is 1. The van der Waals surface area contributed by atoms with Crippen molar-refractivity contribution in [2.75, 3.05) is 11.9 Å². The van der Waals surface area contributed by atoms with E-state index in [-0.39, 0.29) is 11.7 Å². The number of anilines is 1. The van der Waals surface area contributed by atoms with Crippen LogP contribution in [0.1, 0.15) is 24.5 Å². The molecule has 0 aromatic heterocycles. The summed E-state index contributed by atoms with van der Waals surface area (Å²) in [6.07, 6.45) is 1.82. The Morgan fingerprint density at radius 2 is 2.19 bits per heavy atom. The summed E-state index contributed by atoms with van der Waals surface area (Å²) < 4.78 is 0. The molecule has 1 aliphatic rings. The first-order valence-corrected chi connectivity index (χ1v) is 5.45. The van der Waals surface area contributed by atoms with Gasteiger partial charge in [-0.2, -0.15) is 0 Å². The maximum Gasteiger partial charge on any atom is 0.231 e. The molecule has 1 aliphatic heterocycles. The number of hydrogen-bond acceptors (Lipinski definition) is 2. The molecule has 1 heterocycles. The second-order valence-corrected chi connectivity index (χ2v) is 4.29. The maximum absolute atomic E-state index is 11.5. The molecule has 2 rings (SSSR count). The van der Waals surface area contributed by atoms with E-state index >= 15 is 0 Å². The van der Waals surface area contributed by atoms with Gasteiger partial charge < -0.3 is 9.69 Å². The Hall–Kier alpha value is -1.64. The summed E-state index contributed by atoms with van der Waals surface area (Å²) in [5, 5.41) is 0. The third kappa shape index (κ3) is 1.98. The molecule has 1 aromatic carbocycles. The van der Waals surface area contributed by atoms with E-state index in [0.29, 0.717) is 12.8 Å². The molecule has 0 unspecified atom stereocenters. The molecule has 0 saturated heterocycles. The Balaban J connectivity index is 2.18. The Labute approximate surface area is 95.1 Å². The molecular weight excluding hydrogens is 202 g/mol. The molecule has 0 spiro atoms. The lowest BCUT2D eigenvalue weighted by Gasteiger charge is -2.10. The quantitative estimate of drug-likeness (QED) is 0.773. The fourth-order valence-electron chi connectivity index (χ4n) is 2.00.